The SMILES string of the molecule is Cc1nn(C)c(CC(N)C2CCCC2(C)C)c1Cl. The van der Waals surface area contributed by atoms with E-state index in [1.54, 1.807) is 0 Å². The first-order valence-electron chi connectivity index (χ1n) is 6.76. The highest BCUT2D eigenvalue weighted by atomic mass is 35.5. The fourth-order valence-electron chi connectivity index (χ4n) is 3.41. The first kappa shape index (κ1) is 13.9. The van der Waals surface area contributed by atoms with E-state index >= 15 is 0 Å². The van der Waals surface area contributed by atoms with Crippen molar-refractivity contribution < 1.29 is 0 Å². The average molecular weight is 270 g/mol. The van der Waals surface area contributed by atoms with Gasteiger partial charge >= 0.3 is 0 Å². The Bertz CT molecular complexity index is 436. The first-order valence-corrected chi connectivity index (χ1v) is 7.14. The molecule has 1 heterocycles. The molecular weight excluding hydrogens is 246 g/mol. The summed E-state index contributed by atoms with van der Waals surface area (Å²) in [6, 6.07) is 0.176. The number of halogens is 1. The van der Waals surface area contributed by atoms with Gasteiger partial charge in [-0.2, -0.15) is 5.10 Å². The summed E-state index contributed by atoms with van der Waals surface area (Å²) in [4.78, 5) is 0. The summed E-state index contributed by atoms with van der Waals surface area (Å²) >= 11 is 6.30. The minimum Gasteiger partial charge on any atom is -0.327 e. The molecule has 1 fully saturated rings. The molecule has 1 aliphatic rings. The van der Waals surface area contributed by atoms with Gasteiger partial charge in [0, 0.05) is 19.5 Å². The van der Waals surface area contributed by atoms with Crippen LogP contribution in [0.3, 0.4) is 0 Å². The monoisotopic (exact) mass is 269 g/mol. The fraction of sp³-hybridized carbons (Fsp3) is 0.786. The molecule has 1 aliphatic carbocycles. The van der Waals surface area contributed by atoms with E-state index in [1.165, 1.54) is 19.3 Å². The van der Waals surface area contributed by atoms with Crippen LogP contribution in [0, 0.1) is 18.3 Å². The average Bonchev–Trinajstić information content (AvgIpc) is 2.73. The summed E-state index contributed by atoms with van der Waals surface area (Å²) in [6.07, 6.45) is 4.64. The Hall–Kier alpha value is -0.540. The van der Waals surface area contributed by atoms with Crippen molar-refractivity contribution >= 4 is 11.6 Å². The second-order valence-electron chi connectivity index (χ2n) is 6.32. The van der Waals surface area contributed by atoms with E-state index in [4.69, 9.17) is 17.3 Å². The third-order valence-electron chi connectivity index (χ3n) is 4.55. The Morgan fingerprint density at radius 2 is 2.22 bits per heavy atom. The van der Waals surface area contributed by atoms with Gasteiger partial charge in [-0.05, 0) is 31.1 Å². The van der Waals surface area contributed by atoms with Crippen molar-refractivity contribution in [2.45, 2.75) is 52.5 Å². The number of hydrogen-bond donors (Lipinski definition) is 1. The molecule has 2 atom stereocenters. The molecule has 1 aromatic rings. The van der Waals surface area contributed by atoms with Gasteiger partial charge in [0.25, 0.3) is 0 Å². The largest absolute Gasteiger partial charge is 0.327 e. The Balaban J connectivity index is 2.14. The summed E-state index contributed by atoms with van der Waals surface area (Å²) in [5.74, 6) is 0.587. The molecule has 0 aromatic carbocycles. The van der Waals surface area contributed by atoms with Crippen LogP contribution in [0.25, 0.3) is 0 Å². The number of aromatic nitrogens is 2. The lowest BCUT2D eigenvalue weighted by Crippen LogP contribution is -2.38. The zero-order valence-electron chi connectivity index (χ0n) is 11.8. The van der Waals surface area contributed by atoms with Crippen LogP contribution in [0.2, 0.25) is 5.02 Å². The molecule has 2 N–H and O–H groups in total. The van der Waals surface area contributed by atoms with Gasteiger partial charge in [0.1, 0.15) is 0 Å². The van der Waals surface area contributed by atoms with Gasteiger partial charge < -0.3 is 5.73 Å². The van der Waals surface area contributed by atoms with E-state index in [-0.39, 0.29) is 6.04 Å². The molecule has 2 unspecified atom stereocenters. The summed E-state index contributed by atoms with van der Waals surface area (Å²) in [7, 11) is 1.95. The highest BCUT2D eigenvalue weighted by molar-refractivity contribution is 6.31. The Morgan fingerprint density at radius 1 is 1.56 bits per heavy atom. The molecule has 0 amide bonds. The lowest BCUT2D eigenvalue weighted by molar-refractivity contribution is 0.218. The highest BCUT2D eigenvalue weighted by Gasteiger charge is 2.38. The van der Waals surface area contributed by atoms with Gasteiger partial charge in [0.2, 0.25) is 0 Å². The standard InChI is InChI=1S/C14H24ClN3/c1-9-13(15)12(18(4)17-9)8-11(16)10-6-5-7-14(10,2)3/h10-11H,5-8,16H2,1-4H3. The molecular formula is C14H24ClN3. The molecule has 0 radical (unpaired) electrons. The molecule has 18 heavy (non-hydrogen) atoms. The molecule has 1 saturated carbocycles. The van der Waals surface area contributed by atoms with E-state index in [1.807, 2.05) is 18.7 Å². The molecule has 102 valence electrons. The summed E-state index contributed by atoms with van der Waals surface area (Å²) in [5.41, 5.74) is 8.76. The van der Waals surface area contributed by atoms with Crippen molar-refractivity contribution in [2.24, 2.45) is 24.1 Å². The van der Waals surface area contributed by atoms with Crippen molar-refractivity contribution in [1.29, 1.82) is 0 Å². The fourth-order valence-corrected chi connectivity index (χ4v) is 3.65. The molecule has 3 nitrogen and oxygen atoms in total. The van der Waals surface area contributed by atoms with Crippen LogP contribution in [0.4, 0.5) is 0 Å². The van der Waals surface area contributed by atoms with Crippen molar-refractivity contribution in [3.63, 3.8) is 0 Å². The number of rotatable bonds is 3. The zero-order valence-corrected chi connectivity index (χ0v) is 12.6. The number of nitrogens with two attached hydrogens (primary N) is 1. The van der Waals surface area contributed by atoms with Crippen LogP contribution < -0.4 is 5.73 Å². The first-order chi connectivity index (χ1) is 8.33. The maximum Gasteiger partial charge on any atom is 0.0847 e. The molecule has 0 saturated heterocycles. The van der Waals surface area contributed by atoms with Crippen LogP contribution >= 0.6 is 11.6 Å². The minimum absolute atomic E-state index is 0.176. The third kappa shape index (κ3) is 2.43. The predicted molar refractivity (Wildman–Crippen MR) is 75.8 cm³/mol. The van der Waals surface area contributed by atoms with E-state index in [2.05, 4.69) is 18.9 Å². The van der Waals surface area contributed by atoms with E-state index < -0.39 is 0 Å². The maximum atomic E-state index is 6.43. The summed E-state index contributed by atoms with van der Waals surface area (Å²) in [6.45, 7) is 6.61. The van der Waals surface area contributed by atoms with E-state index in [9.17, 15) is 0 Å². The van der Waals surface area contributed by atoms with Crippen LogP contribution in [0.15, 0.2) is 0 Å². The van der Waals surface area contributed by atoms with Crippen LogP contribution in [0.1, 0.15) is 44.5 Å². The summed E-state index contributed by atoms with van der Waals surface area (Å²) in [5, 5.41) is 5.14. The Morgan fingerprint density at radius 3 is 2.67 bits per heavy atom. The molecule has 1 aromatic heterocycles. The minimum atomic E-state index is 0.176. The molecule has 2 rings (SSSR count). The third-order valence-corrected chi connectivity index (χ3v) is 5.04. The Labute approximate surface area is 115 Å². The van der Waals surface area contributed by atoms with Crippen molar-refractivity contribution in [3.05, 3.63) is 16.4 Å². The number of aryl methyl sites for hydroxylation is 2. The predicted octanol–water partition coefficient (Wildman–Crippen LogP) is 3.08. The van der Waals surface area contributed by atoms with Gasteiger partial charge in [0.05, 0.1) is 16.4 Å². The maximum absolute atomic E-state index is 6.43. The van der Waals surface area contributed by atoms with Crippen LogP contribution in [-0.4, -0.2) is 15.8 Å². The molecule has 0 spiro atoms. The smallest absolute Gasteiger partial charge is 0.0847 e. The van der Waals surface area contributed by atoms with E-state index in [0.717, 1.165) is 22.8 Å². The van der Waals surface area contributed by atoms with Crippen molar-refractivity contribution in [1.82, 2.24) is 9.78 Å². The molecule has 0 bridgehead atoms. The van der Waals surface area contributed by atoms with Crippen LogP contribution in [0.5, 0.6) is 0 Å². The second-order valence-corrected chi connectivity index (χ2v) is 6.70. The van der Waals surface area contributed by atoms with Gasteiger partial charge in [-0.1, -0.05) is 31.9 Å². The highest BCUT2D eigenvalue weighted by Crippen LogP contribution is 2.44. The normalized spacial score (nSPS) is 24.4. The van der Waals surface area contributed by atoms with Gasteiger partial charge in [-0.3, -0.25) is 4.68 Å². The van der Waals surface area contributed by atoms with Crippen molar-refractivity contribution in [3.8, 4) is 0 Å². The molecule has 4 heteroatoms. The van der Waals surface area contributed by atoms with Crippen LogP contribution in [-0.2, 0) is 13.5 Å². The zero-order chi connectivity index (χ0) is 13.5. The Kier molecular flexibility index (Phi) is 3.75. The second kappa shape index (κ2) is 4.86. The number of hydrogen-bond acceptors (Lipinski definition) is 2. The summed E-state index contributed by atoms with van der Waals surface area (Å²) < 4.78 is 1.87. The lowest BCUT2D eigenvalue weighted by atomic mass is 9.76. The van der Waals surface area contributed by atoms with E-state index in [0.29, 0.717) is 11.3 Å². The van der Waals surface area contributed by atoms with Gasteiger partial charge in [-0.25, -0.2) is 0 Å². The van der Waals surface area contributed by atoms with Gasteiger partial charge in [0.15, 0.2) is 0 Å². The quantitative estimate of drug-likeness (QED) is 0.916. The lowest BCUT2D eigenvalue weighted by Gasteiger charge is -2.32. The molecule has 0 aliphatic heterocycles. The van der Waals surface area contributed by atoms with Crippen molar-refractivity contribution in [2.75, 3.05) is 0 Å². The number of nitrogens with zero attached hydrogens (tertiary/aromatic N) is 2. The topological polar surface area (TPSA) is 43.8 Å². The van der Waals surface area contributed by atoms with Gasteiger partial charge in [-0.15, -0.1) is 0 Å².